The van der Waals surface area contributed by atoms with Gasteiger partial charge in [0.1, 0.15) is 5.75 Å². The van der Waals surface area contributed by atoms with Gasteiger partial charge in [0.05, 0.1) is 12.9 Å². The highest BCUT2D eigenvalue weighted by molar-refractivity contribution is 5.39. The van der Waals surface area contributed by atoms with Gasteiger partial charge in [0.25, 0.3) is 0 Å². The lowest BCUT2D eigenvalue weighted by molar-refractivity contribution is 0.357. The highest BCUT2D eigenvalue weighted by atomic mass is 16.5. The quantitative estimate of drug-likeness (QED) is 0.786. The topological polar surface area (TPSA) is 39.1 Å². The molecule has 4 heteroatoms. The smallest absolute Gasteiger partial charge is 0.122 e. The van der Waals surface area contributed by atoms with Crippen molar-refractivity contribution in [1.82, 2.24) is 14.9 Å². The third kappa shape index (κ3) is 3.39. The van der Waals surface area contributed by atoms with Crippen molar-refractivity contribution >= 4 is 0 Å². The van der Waals surface area contributed by atoms with E-state index < -0.39 is 0 Å². The molecule has 2 aromatic rings. The van der Waals surface area contributed by atoms with Gasteiger partial charge in [0.15, 0.2) is 0 Å². The number of imidazole rings is 1. The lowest BCUT2D eigenvalue weighted by Crippen LogP contribution is -2.15. The molecule has 20 heavy (non-hydrogen) atoms. The maximum absolute atomic E-state index is 5.52. The van der Waals surface area contributed by atoms with Gasteiger partial charge < -0.3 is 14.6 Å². The van der Waals surface area contributed by atoms with Gasteiger partial charge in [-0.3, -0.25) is 0 Å². The predicted molar refractivity (Wildman–Crippen MR) is 78.8 cm³/mol. The standard InChI is InChI=1S/C16H21N3O/c1(2-8-19-9-7-18-13-19)6-17-12-14-3-4-16-15(11-14)5-10-20-16/h3-4,7,9,11,13,17H,1-2,5-6,8,10,12H2. The summed E-state index contributed by atoms with van der Waals surface area (Å²) in [5, 5.41) is 3.51. The summed E-state index contributed by atoms with van der Waals surface area (Å²) in [6, 6.07) is 6.52. The van der Waals surface area contributed by atoms with E-state index in [1.165, 1.54) is 24.0 Å². The van der Waals surface area contributed by atoms with E-state index in [0.29, 0.717) is 0 Å². The highest BCUT2D eigenvalue weighted by Crippen LogP contribution is 2.25. The Kier molecular flexibility index (Phi) is 4.33. The monoisotopic (exact) mass is 271 g/mol. The van der Waals surface area contributed by atoms with Gasteiger partial charge in [-0.2, -0.15) is 0 Å². The molecular weight excluding hydrogens is 250 g/mol. The van der Waals surface area contributed by atoms with Crippen molar-refractivity contribution in [2.75, 3.05) is 13.2 Å². The molecule has 0 radical (unpaired) electrons. The molecule has 0 aliphatic carbocycles. The summed E-state index contributed by atoms with van der Waals surface area (Å²) in [5.74, 6) is 1.06. The minimum atomic E-state index is 0.834. The number of aryl methyl sites for hydroxylation is 1. The molecule has 0 spiro atoms. The molecule has 0 atom stereocenters. The van der Waals surface area contributed by atoms with E-state index >= 15 is 0 Å². The minimum Gasteiger partial charge on any atom is -0.493 e. The van der Waals surface area contributed by atoms with E-state index in [-0.39, 0.29) is 0 Å². The number of ether oxygens (including phenoxy) is 1. The average Bonchev–Trinajstić information content (AvgIpc) is 3.13. The molecule has 0 amide bonds. The molecule has 106 valence electrons. The van der Waals surface area contributed by atoms with Gasteiger partial charge in [-0.05, 0) is 36.6 Å². The van der Waals surface area contributed by atoms with Gasteiger partial charge >= 0.3 is 0 Å². The molecule has 2 heterocycles. The number of hydrogen-bond donors (Lipinski definition) is 1. The molecule has 4 nitrogen and oxygen atoms in total. The molecule has 1 aromatic carbocycles. The third-order valence-electron chi connectivity index (χ3n) is 3.66. The van der Waals surface area contributed by atoms with Crippen molar-refractivity contribution < 1.29 is 4.74 Å². The Bertz CT molecular complexity index is 537. The van der Waals surface area contributed by atoms with E-state index in [9.17, 15) is 0 Å². The molecule has 1 aliphatic heterocycles. The van der Waals surface area contributed by atoms with Crippen LogP contribution in [0.2, 0.25) is 0 Å². The van der Waals surface area contributed by atoms with Crippen molar-refractivity contribution in [1.29, 1.82) is 0 Å². The van der Waals surface area contributed by atoms with E-state index in [0.717, 1.165) is 38.4 Å². The first-order valence-corrected chi connectivity index (χ1v) is 7.33. The second-order valence-corrected chi connectivity index (χ2v) is 5.22. The molecule has 0 bridgehead atoms. The molecule has 0 saturated heterocycles. The number of rotatable bonds is 7. The van der Waals surface area contributed by atoms with Crippen LogP contribution in [0.1, 0.15) is 24.0 Å². The van der Waals surface area contributed by atoms with E-state index in [4.69, 9.17) is 4.74 Å². The van der Waals surface area contributed by atoms with Gasteiger partial charge in [-0.15, -0.1) is 0 Å². The van der Waals surface area contributed by atoms with E-state index in [1.54, 1.807) is 0 Å². The van der Waals surface area contributed by atoms with Crippen LogP contribution in [0, 0.1) is 0 Å². The summed E-state index contributed by atoms with van der Waals surface area (Å²) >= 11 is 0. The summed E-state index contributed by atoms with van der Waals surface area (Å²) < 4.78 is 7.64. The Morgan fingerprint density at radius 1 is 1.30 bits per heavy atom. The zero-order chi connectivity index (χ0) is 13.6. The fourth-order valence-electron chi connectivity index (χ4n) is 2.55. The van der Waals surface area contributed by atoms with Crippen molar-refractivity contribution in [3.63, 3.8) is 0 Å². The van der Waals surface area contributed by atoms with Gasteiger partial charge in [-0.25, -0.2) is 4.98 Å². The lowest BCUT2D eigenvalue weighted by atomic mass is 10.1. The molecule has 1 aliphatic rings. The maximum atomic E-state index is 5.52. The second-order valence-electron chi connectivity index (χ2n) is 5.22. The summed E-state index contributed by atoms with van der Waals surface area (Å²) in [6.07, 6.45) is 9.14. The van der Waals surface area contributed by atoms with Crippen LogP contribution >= 0.6 is 0 Å². The lowest BCUT2D eigenvalue weighted by Gasteiger charge is -2.07. The molecular formula is C16H21N3O. The zero-order valence-electron chi connectivity index (χ0n) is 11.7. The highest BCUT2D eigenvalue weighted by Gasteiger charge is 2.11. The molecule has 0 saturated carbocycles. The second kappa shape index (κ2) is 6.57. The average molecular weight is 271 g/mol. The summed E-state index contributed by atoms with van der Waals surface area (Å²) in [7, 11) is 0. The van der Waals surface area contributed by atoms with Crippen molar-refractivity contribution in [2.45, 2.75) is 32.4 Å². The third-order valence-corrected chi connectivity index (χ3v) is 3.66. The zero-order valence-corrected chi connectivity index (χ0v) is 11.7. The first-order chi connectivity index (χ1) is 9.92. The Hall–Kier alpha value is -1.81. The Morgan fingerprint density at radius 3 is 3.20 bits per heavy atom. The van der Waals surface area contributed by atoms with Crippen molar-refractivity contribution in [3.8, 4) is 5.75 Å². The van der Waals surface area contributed by atoms with Crippen LogP contribution in [0.15, 0.2) is 36.9 Å². The Morgan fingerprint density at radius 2 is 2.30 bits per heavy atom. The Balaban J connectivity index is 1.33. The fraction of sp³-hybridized carbons (Fsp3) is 0.438. The number of aromatic nitrogens is 2. The SMILES string of the molecule is c1cn(CCCCNCc2ccc3c(c2)CCO3)cn1. The number of benzene rings is 1. The van der Waals surface area contributed by atoms with Gasteiger partial charge in [0, 0.05) is 31.9 Å². The normalized spacial score (nSPS) is 13.2. The number of fused-ring (bicyclic) bond motifs is 1. The number of unbranched alkanes of at least 4 members (excludes halogenated alkanes) is 1. The number of hydrogen-bond acceptors (Lipinski definition) is 3. The molecule has 1 N–H and O–H groups in total. The minimum absolute atomic E-state index is 0.834. The summed E-state index contributed by atoms with van der Waals surface area (Å²) in [4.78, 5) is 4.04. The predicted octanol–water partition coefficient (Wildman–Crippen LogP) is 2.39. The van der Waals surface area contributed by atoms with Crippen molar-refractivity contribution in [2.24, 2.45) is 0 Å². The number of nitrogens with one attached hydrogen (secondary N) is 1. The van der Waals surface area contributed by atoms with Crippen LogP contribution in [-0.2, 0) is 19.5 Å². The largest absolute Gasteiger partial charge is 0.493 e. The maximum Gasteiger partial charge on any atom is 0.122 e. The summed E-state index contributed by atoms with van der Waals surface area (Å²) in [6.45, 7) is 3.89. The van der Waals surface area contributed by atoms with Crippen molar-refractivity contribution in [3.05, 3.63) is 48.0 Å². The van der Waals surface area contributed by atoms with Crippen LogP contribution in [0.25, 0.3) is 0 Å². The molecule has 3 rings (SSSR count). The first kappa shape index (κ1) is 13.2. The van der Waals surface area contributed by atoms with E-state index in [2.05, 4.69) is 33.1 Å². The Labute approximate surface area is 119 Å². The van der Waals surface area contributed by atoms with Crippen LogP contribution in [-0.4, -0.2) is 22.7 Å². The first-order valence-electron chi connectivity index (χ1n) is 7.33. The summed E-state index contributed by atoms with van der Waals surface area (Å²) in [5.41, 5.74) is 2.70. The molecule has 1 aromatic heterocycles. The molecule has 0 unspecified atom stereocenters. The van der Waals surface area contributed by atoms with Crippen LogP contribution < -0.4 is 10.1 Å². The van der Waals surface area contributed by atoms with Crippen LogP contribution in [0.5, 0.6) is 5.75 Å². The molecule has 0 fully saturated rings. The van der Waals surface area contributed by atoms with Crippen LogP contribution in [0.3, 0.4) is 0 Å². The van der Waals surface area contributed by atoms with Gasteiger partial charge in [0.2, 0.25) is 0 Å². The van der Waals surface area contributed by atoms with Gasteiger partial charge in [-0.1, -0.05) is 12.1 Å². The number of nitrogens with zero attached hydrogens (tertiary/aromatic N) is 2. The fourth-order valence-corrected chi connectivity index (χ4v) is 2.55. The van der Waals surface area contributed by atoms with E-state index in [1.807, 2.05) is 18.7 Å². The van der Waals surface area contributed by atoms with Crippen LogP contribution in [0.4, 0.5) is 0 Å².